The van der Waals surface area contributed by atoms with Crippen LogP contribution in [0.5, 0.6) is 0 Å². The molecular weight excluding hydrogens is 324 g/mol. The van der Waals surface area contributed by atoms with E-state index >= 15 is 0 Å². The molecule has 1 aromatic rings. The van der Waals surface area contributed by atoms with Gasteiger partial charge in [0.15, 0.2) is 6.29 Å². The third kappa shape index (κ3) is 6.36. The van der Waals surface area contributed by atoms with E-state index in [0.29, 0.717) is 19.4 Å². The molecule has 7 nitrogen and oxygen atoms in total. The Kier molecular flexibility index (Phi) is 7.21. The third-order valence-corrected chi connectivity index (χ3v) is 3.92. The number of benzene rings is 1. The van der Waals surface area contributed by atoms with Crippen LogP contribution in [0, 0.1) is 5.92 Å². The van der Waals surface area contributed by atoms with Gasteiger partial charge >= 0.3 is 6.09 Å². The number of carbonyl (C=O) groups excluding carboxylic acids is 2. The lowest BCUT2D eigenvalue weighted by atomic mass is 10.0. The molecule has 138 valence electrons. The van der Waals surface area contributed by atoms with E-state index in [-0.39, 0.29) is 18.4 Å². The maximum Gasteiger partial charge on any atom is 0.408 e. The summed E-state index contributed by atoms with van der Waals surface area (Å²) in [6.07, 6.45) is -0.642. The Morgan fingerprint density at radius 3 is 2.64 bits per heavy atom. The van der Waals surface area contributed by atoms with Crippen LogP contribution in [0.3, 0.4) is 0 Å². The van der Waals surface area contributed by atoms with Crippen LogP contribution in [0.2, 0.25) is 0 Å². The van der Waals surface area contributed by atoms with Crippen molar-refractivity contribution in [1.82, 2.24) is 10.6 Å². The topological polar surface area (TPSA) is 96.9 Å². The van der Waals surface area contributed by atoms with Crippen molar-refractivity contribution in [3.63, 3.8) is 0 Å². The zero-order valence-electron chi connectivity index (χ0n) is 14.6. The summed E-state index contributed by atoms with van der Waals surface area (Å²) in [5.74, 6) is -0.144. The van der Waals surface area contributed by atoms with Crippen molar-refractivity contribution >= 4 is 12.0 Å². The first-order chi connectivity index (χ1) is 12.0. The molecule has 0 spiro atoms. The second-order valence-electron chi connectivity index (χ2n) is 6.55. The van der Waals surface area contributed by atoms with E-state index in [4.69, 9.17) is 9.47 Å². The van der Waals surface area contributed by atoms with Gasteiger partial charge in [0.25, 0.3) is 0 Å². The number of nitrogens with one attached hydrogen (secondary N) is 2. The zero-order chi connectivity index (χ0) is 18.2. The monoisotopic (exact) mass is 350 g/mol. The summed E-state index contributed by atoms with van der Waals surface area (Å²) in [4.78, 5) is 24.5. The van der Waals surface area contributed by atoms with Crippen LogP contribution in [0.1, 0.15) is 32.3 Å². The van der Waals surface area contributed by atoms with Gasteiger partial charge in [-0.1, -0.05) is 44.2 Å². The van der Waals surface area contributed by atoms with Crippen molar-refractivity contribution in [2.45, 2.75) is 51.7 Å². The van der Waals surface area contributed by atoms with E-state index in [1.54, 1.807) is 0 Å². The minimum absolute atomic E-state index is 0.137. The highest BCUT2D eigenvalue weighted by Crippen LogP contribution is 2.12. The molecule has 0 radical (unpaired) electrons. The Morgan fingerprint density at radius 1 is 1.32 bits per heavy atom. The lowest BCUT2D eigenvalue weighted by Gasteiger charge is -2.23. The van der Waals surface area contributed by atoms with Crippen LogP contribution in [0.25, 0.3) is 0 Å². The number of carbonyl (C=O) groups is 2. The molecule has 1 aromatic carbocycles. The van der Waals surface area contributed by atoms with Crippen LogP contribution >= 0.6 is 0 Å². The molecule has 1 heterocycles. The third-order valence-electron chi connectivity index (χ3n) is 3.92. The maximum absolute atomic E-state index is 12.4. The molecule has 1 aliphatic rings. The van der Waals surface area contributed by atoms with Crippen molar-refractivity contribution in [2.24, 2.45) is 5.92 Å². The van der Waals surface area contributed by atoms with Crippen molar-refractivity contribution in [3.8, 4) is 0 Å². The van der Waals surface area contributed by atoms with Gasteiger partial charge in [0, 0.05) is 0 Å². The van der Waals surface area contributed by atoms with Crippen LogP contribution in [-0.4, -0.2) is 42.1 Å². The molecule has 1 saturated heterocycles. The van der Waals surface area contributed by atoms with Gasteiger partial charge in [0.05, 0.1) is 12.6 Å². The van der Waals surface area contributed by atoms with Crippen molar-refractivity contribution in [2.75, 3.05) is 6.61 Å². The van der Waals surface area contributed by atoms with Crippen molar-refractivity contribution < 1.29 is 24.2 Å². The number of hydrogen-bond donors (Lipinski definition) is 3. The SMILES string of the molecule is CC(C)C[C@H](NC(=O)OCc1ccccc1)C(=O)NC1CCOC1O. The molecule has 2 rings (SSSR count). The van der Waals surface area contributed by atoms with E-state index in [0.717, 1.165) is 5.56 Å². The number of hydrogen-bond acceptors (Lipinski definition) is 5. The number of rotatable bonds is 7. The molecule has 0 saturated carbocycles. The Hall–Kier alpha value is -2.12. The highest BCUT2D eigenvalue weighted by molar-refractivity contribution is 5.85. The van der Waals surface area contributed by atoms with E-state index in [9.17, 15) is 14.7 Å². The van der Waals surface area contributed by atoms with Gasteiger partial charge in [-0.05, 0) is 24.3 Å². The molecule has 3 N–H and O–H groups in total. The quantitative estimate of drug-likeness (QED) is 0.693. The first-order valence-corrected chi connectivity index (χ1v) is 8.53. The molecule has 0 bridgehead atoms. The predicted octanol–water partition coefficient (Wildman–Crippen LogP) is 1.55. The molecule has 0 aromatic heterocycles. The van der Waals surface area contributed by atoms with Gasteiger partial charge < -0.3 is 25.2 Å². The standard InChI is InChI=1S/C18H26N2O5/c1-12(2)10-15(16(21)19-14-8-9-24-17(14)22)20-18(23)25-11-13-6-4-3-5-7-13/h3-7,12,14-15,17,22H,8-11H2,1-2H3,(H,19,21)(H,20,23)/t14?,15-,17?/m0/s1. The average molecular weight is 350 g/mol. The number of alkyl carbamates (subject to hydrolysis) is 1. The lowest BCUT2D eigenvalue weighted by Crippen LogP contribution is -2.51. The number of amides is 2. The highest BCUT2D eigenvalue weighted by atomic mass is 16.6. The fourth-order valence-corrected chi connectivity index (χ4v) is 2.61. The van der Waals surface area contributed by atoms with Crippen LogP contribution in [0.15, 0.2) is 30.3 Å². The summed E-state index contributed by atoms with van der Waals surface area (Å²) in [5.41, 5.74) is 0.869. The smallest absolute Gasteiger partial charge is 0.408 e. The Balaban J connectivity index is 1.87. The van der Waals surface area contributed by atoms with Gasteiger partial charge in [-0.25, -0.2) is 4.79 Å². The molecule has 1 aliphatic heterocycles. The molecule has 2 unspecified atom stereocenters. The maximum atomic E-state index is 12.4. The molecule has 25 heavy (non-hydrogen) atoms. The van der Waals surface area contributed by atoms with E-state index in [1.807, 2.05) is 44.2 Å². The first kappa shape index (κ1) is 19.2. The number of aliphatic hydroxyl groups is 1. The molecule has 0 aliphatic carbocycles. The van der Waals surface area contributed by atoms with Gasteiger partial charge in [0.2, 0.25) is 5.91 Å². The largest absolute Gasteiger partial charge is 0.445 e. The molecule has 1 fully saturated rings. The van der Waals surface area contributed by atoms with E-state index in [1.165, 1.54) is 0 Å². The predicted molar refractivity (Wildman–Crippen MR) is 91.5 cm³/mol. The van der Waals surface area contributed by atoms with Crippen molar-refractivity contribution in [1.29, 1.82) is 0 Å². The average Bonchev–Trinajstić information content (AvgIpc) is 2.98. The minimum Gasteiger partial charge on any atom is -0.445 e. The second kappa shape index (κ2) is 9.39. The Morgan fingerprint density at radius 2 is 2.04 bits per heavy atom. The van der Waals surface area contributed by atoms with Crippen molar-refractivity contribution in [3.05, 3.63) is 35.9 Å². The van der Waals surface area contributed by atoms with Gasteiger partial charge in [-0.2, -0.15) is 0 Å². The molecule has 2 amide bonds. The van der Waals surface area contributed by atoms with E-state index in [2.05, 4.69) is 10.6 Å². The van der Waals surface area contributed by atoms with Gasteiger partial charge in [-0.15, -0.1) is 0 Å². The fourth-order valence-electron chi connectivity index (χ4n) is 2.61. The van der Waals surface area contributed by atoms with Gasteiger partial charge in [-0.3, -0.25) is 4.79 Å². The van der Waals surface area contributed by atoms with Crippen LogP contribution in [0.4, 0.5) is 4.79 Å². The summed E-state index contributed by atoms with van der Waals surface area (Å²) >= 11 is 0. The van der Waals surface area contributed by atoms with E-state index < -0.39 is 24.5 Å². The zero-order valence-corrected chi connectivity index (χ0v) is 14.6. The summed E-state index contributed by atoms with van der Waals surface area (Å²) in [7, 11) is 0. The lowest BCUT2D eigenvalue weighted by molar-refractivity contribution is -0.127. The number of aliphatic hydroxyl groups excluding tert-OH is 1. The minimum atomic E-state index is -1.01. The van der Waals surface area contributed by atoms with Crippen LogP contribution < -0.4 is 10.6 Å². The second-order valence-corrected chi connectivity index (χ2v) is 6.55. The summed E-state index contributed by atoms with van der Waals surface area (Å²) in [5, 5.41) is 15.0. The Bertz CT molecular complexity index is 564. The summed E-state index contributed by atoms with van der Waals surface area (Å²) in [6, 6.07) is 8.13. The summed E-state index contributed by atoms with van der Waals surface area (Å²) in [6.45, 7) is 4.46. The molecule has 7 heteroatoms. The molecular formula is C18H26N2O5. The van der Waals surface area contributed by atoms with Crippen LogP contribution in [-0.2, 0) is 20.9 Å². The fraction of sp³-hybridized carbons (Fsp3) is 0.556. The highest BCUT2D eigenvalue weighted by Gasteiger charge is 2.31. The van der Waals surface area contributed by atoms with Gasteiger partial charge in [0.1, 0.15) is 12.6 Å². The number of ether oxygens (including phenoxy) is 2. The normalized spacial score (nSPS) is 21.0. The summed E-state index contributed by atoms with van der Waals surface area (Å²) < 4.78 is 10.2. The molecule has 3 atom stereocenters. The Labute approximate surface area is 147 Å². The first-order valence-electron chi connectivity index (χ1n) is 8.53.